The largest absolute Gasteiger partial charge is 0.497 e. The first kappa shape index (κ1) is 21.9. The number of nitrogens with one attached hydrogen (secondary N) is 1. The lowest BCUT2D eigenvalue weighted by Crippen LogP contribution is -2.33. The van der Waals surface area contributed by atoms with Crippen molar-refractivity contribution in [1.29, 1.82) is 0 Å². The first-order chi connectivity index (χ1) is 15.5. The van der Waals surface area contributed by atoms with Crippen LogP contribution in [0, 0.1) is 5.92 Å². The van der Waals surface area contributed by atoms with Gasteiger partial charge >= 0.3 is 5.97 Å². The van der Waals surface area contributed by atoms with Crippen LogP contribution in [0.3, 0.4) is 0 Å². The first-order valence-electron chi connectivity index (χ1n) is 11.0. The third-order valence-electron chi connectivity index (χ3n) is 5.95. The average Bonchev–Trinajstić information content (AvgIpc) is 3.59. The molecule has 1 saturated heterocycles. The van der Waals surface area contributed by atoms with E-state index in [1.165, 1.54) is 0 Å². The zero-order chi connectivity index (χ0) is 22.5. The van der Waals surface area contributed by atoms with E-state index in [9.17, 15) is 14.4 Å². The lowest BCUT2D eigenvalue weighted by molar-refractivity contribution is -0.128. The minimum Gasteiger partial charge on any atom is -0.497 e. The second-order valence-electron chi connectivity index (χ2n) is 8.35. The van der Waals surface area contributed by atoms with Crippen molar-refractivity contribution in [3.8, 4) is 5.75 Å². The number of hydrogen-bond donors (Lipinski definition) is 1. The summed E-state index contributed by atoms with van der Waals surface area (Å²) in [6, 6.07) is 14.5. The van der Waals surface area contributed by atoms with Crippen LogP contribution in [0.4, 0.5) is 0 Å². The van der Waals surface area contributed by atoms with Gasteiger partial charge in [-0.1, -0.05) is 24.3 Å². The summed E-state index contributed by atoms with van der Waals surface area (Å²) in [5, 5.41) is 3.00. The fraction of sp³-hybridized carbons (Fsp3) is 0.400. The maximum Gasteiger partial charge on any atom is 0.338 e. The van der Waals surface area contributed by atoms with Crippen LogP contribution in [0.1, 0.15) is 53.2 Å². The molecule has 2 fully saturated rings. The van der Waals surface area contributed by atoms with Crippen molar-refractivity contribution in [1.82, 2.24) is 10.2 Å². The minimum absolute atomic E-state index is 0.0975. The van der Waals surface area contributed by atoms with Crippen molar-refractivity contribution in [2.24, 2.45) is 5.92 Å². The normalized spacial score (nSPS) is 16.5. The Balaban J connectivity index is 1.28. The predicted octanol–water partition coefficient (Wildman–Crippen LogP) is 3.24. The van der Waals surface area contributed by atoms with Crippen molar-refractivity contribution >= 4 is 17.8 Å². The highest BCUT2D eigenvalue weighted by Crippen LogP contribution is 2.41. The number of benzene rings is 2. The summed E-state index contributed by atoms with van der Waals surface area (Å²) in [5.74, 6) is 0.463. The number of likely N-dealkylation sites (tertiary alicyclic amines) is 1. The molecule has 2 aliphatic rings. The maximum absolute atomic E-state index is 12.4. The van der Waals surface area contributed by atoms with E-state index < -0.39 is 5.97 Å². The van der Waals surface area contributed by atoms with Crippen LogP contribution in [0.15, 0.2) is 48.5 Å². The molecule has 0 spiro atoms. The van der Waals surface area contributed by atoms with Gasteiger partial charge in [0.2, 0.25) is 5.91 Å². The molecule has 4 rings (SSSR count). The van der Waals surface area contributed by atoms with Gasteiger partial charge in [0.15, 0.2) is 6.61 Å². The molecule has 1 saturated carbocycles. The van der Waals surface area contributed by atoms with Crippen molar-refractivity contribution in [3.63, 3.8) is 0 Å². The number of ether oxygens (including phenoxy) is 2. The molecule has 2 aromatic carbocycles. The van der Waals surface area contributed by atoms with Crippen LogP contribution in [-0.2, 0) is 20.9 Å². The highest BCUT2D eigenvalue weighted by atomic mass is 16.5. The summed E-state index contributed by atoms with van der Waals surface area (Å²) >= 11 is 0. The van der Waals surface area contributed by atoms with E-state index in [1.54, 1.807) is 19.2 Å². The van der Waals surface area contributed by atoms with Gasteiger partial charge < -0.3 is 19.7 Å². The van der Waals surface area contributed by atoms with E-state index in [-0.39, 0.29) is 24.5 Å². The molecule has 2 aromatic rings. The van der Waals surface area contributed by atoms with Crippen LogP contribution < -0.4 is 10.1 Å². The minimum atomic E-state index is -0.545. The van der Waals surface area contributed by atoms with Gasteiger partial charge in [-0.3, -0.25) is 9.59 Å². The summed E-state index contributed by atoms with van der Waals surface area (Å²) in [6.07, 6.45) is 3.62. The van der Waals surface area contributed by atoms with Gasteiger partial charge in [0.1, 0.15) is 5.75 Å². The van der Waals surface area contributed by atoms with Gasteiger partial charge in [-0.25, -0.2) is 4.79 Å². The molecule has 1 aliphatic heterocycles. The van der Waals surface area contributed by atoms with Crippen LogP contribution in [0.5, 0.6) is 5.75 Å². The Bertz CT molecular complexity index is 967. The molecule has 1 aliphatic carbocycles. The van der Waals surface area contributed by atoms with Gasteiger partial charge in [0, 0.05) is 19.5 Å². The standard InChI is InChI=1S/C25H28N2O5/c1-31-21-12-10-19(11-13-21)24(18-8-9-18)26-22(28)16-32-25(30)20-6-4-17(5-7-20)15-27-14-2-3-23(27)29/h4-7,10-13,18,24H,2-3,8-9,14-16H2,1H3,(H,26,28). The topological polar surface area (TPSA) is 84.9 Å². The lowest BCUT2D eigenvalue weighted by Gasteiger charge is -2.19. The zero-order valence-corrected chi connectivity index (χ0v) is 18.2. The van der Waals surface area contributed by atoms with E-state index in [0.29, 0.717) is 24.4 Å². The Morgan fingerprint density at radius 1 is 1.09 bits per heavy atom. The molecule has 0 radical (unpaired) electrons. The first-order valence-corrected chi connectivity index (χ1v) is 11.0. The molecule has 1 heterocycles. The number of carbonyl (C=O) groups is 3. The zero-order valence-electron chi connectivity index (χ0n) is 18.2. The Kier molecular flexibility index (Phi) is 6.73. The van der Waals surface area contributed by atoms with Gasteiger partial charge in [-0.05, 0) is 60.6 Å². The fourth-order valence-corrected chi connectivity index (χ4v) is 3.98. The van der Waals surface area contributed by atoms with E-state index in [2.05, 4.69) is 5.32 Å². The average molecular weight is 437 g/mol. The molecule has 7 heteroatoms. The van der Waals surface area contributed by atoms with Gasteiger partial charge in [0.05, 0.1) is 18.7 Å². The highest BCUT2D eigenvalue weighted by molar-refractivity contribution is 5.91. The number of rotatable bonds is 9. The Hall–Kier alpha value is -3.35. The van der Waals surface area contributed by atoms with Crippen LogP contribution in [-0.4, -0.2) is 42.9 Å². The van der Waals surface area contributed by atoms with Crippen molar-refractivity contribution in [2.45, 2.75) is 38.3 Å². The van der Waals surface area contributed by atoms with Crippen molar-refractivity contribution in [3.05, 3.63) is 65.2 Å². The van der Waals surface area contributed by atoms with E-state index in [4.69, 9.17) is 9.47 Å². The number of amides is 2. The number of hydrogen-bond acceptors (Lipinski definition) is 5. The summed E-state index contributed by atoms with van der Waals surface area (Å²) in [7, 11) is 1.62. The molecular formula is C25H28N2O5. The van der Waals surface area contributed by atoms with E-state index >= 15 is 0 Å². The molecule has 1 unspecified atom stereocenters. The third kappa shape index (κ3) is 5.46. The van der Waals surface area contributed by atoms with Crippen LogP contribution in [0.2, 0.25) is 0 Å². The smallest absolute Gasteiger partial charge is 0.338 e. The number of esters is 1. The van der Waals surface area contributed by atoms with Gasteiger partial charge in [0.25, 0.3) is 5.91 Å². The second kappa shape index (κ2) is 9.85. The van der Waals surface area contributed by atoms with Gasteiger partial charge in [-0.15, -0.1) is 0 Å². The Morgan fingerprint density at radius 2 is 1.81 bits per heavy atom. The summed E-state index contributed by atoms with van der Waals surface area (Å²) in [6.45, 7) is 0.989. The lowest BCUT2D eigenvalue weighted by atomic mass is 10.0. The molecule has 32 heavy (non-hydrogen) atoms. The molecule has 1 N–H and O–H groups in total. The SMILES string of the molecule is COc1ccc(C(NC(=O)COC(=O)c2ccc(CN3CCCC3=O)cc2)C2CC2)cc1. The molecule has 168 valence electrons. The predicted molar refractivity (Wildman–Crippen MR) is 118 cm³/mol. The number of methoxy groups -OCH3 is 1. The molecule has 7 nitrogen and oxygen atoms in total. The molecule has 0 aromatic heterocycles. The summed E-state index contributed by atoms with van der Waals surface area (Å²) in [4.78, 5) is 38.4. The van der Waals surface area contributed by atoms with Gasteiger partial charge in [-0.2, -0.15) is 0 Å². The number of carbonyl (C=O) groups excluding carboxylic acids is 3. The summed E-state index contributed by atoms with van der Waals surface area (Å²) < 4.78 is 10.4. The second-order valence-corrected chi connectivity index (χ2v) is 8.35. The van der Waals surface area contributed by atoms with Crippen LogP contribution in [0.25, 0.3) is 0 Å². The van der Waals surface area contributed by atoms with Crippen molar-refractivity contribution in [2.75, 3.05) is 20.3 Å². The van der Waals surface area contributed by atoms with E-state index in [1.807, 2.05) is 41.3 Å². The fourth-order valence-electron chi connectivity index (χ4n) is 3.98. The Morgan fingerprint density at radius 3 is 2.41 bits per heavy atom. The third-order valence-corrected chi connectivity index (χ3v) is 5.95. The molecule has 2 amide bonds. The quantitative estimate of drug-likeness (QED) is 0.610. The molecule has 0 bridgehead atoms. The maximum atomic E-state index is 12.4. The Labute approximate surface area is 187 Å². The highest BCUT2D eigenvalue weighted by Gasteiger charge is 2.33. The molecular weight excluding hydrogens is 408 g/mol. The number of nitrogens with zero attached hydrogens (tertiary/aromatic N) is 1. The van der Waals surface area contributed by atoms with Crippen LogP contribution >= 0.6 is 0 Å². The molecule has 1 atom stereocenters. The van der Waals surface area contributed by atoms with Crippen molar-refractivity contribution < 1.29 is 23.9 Å². The summed E-state index contributed by atoms with van der Waals surface area (Å²) in [5.41, 5.74) is 2.35. The van der Waals surface area contributed by atoms with E-state index in [0.717, 1.165) is 42.7 Å². The monoisotopic (exact) mass is 436 g/mol.